The molecule has 0 aliphatic carbocycles. The molecule has 0 aliphatic heterocycles. The lowest BCUT2D eigenvalue weighted by molar-refractivity contribution is -0.124. The summed E-state index contributed by atoms with van der Waals surface area (Å²) in [6.45, 7) is 3.38. The average Bonchev–Trinajstić information content (AvgIpc) is 2.71. The third kappa shape index (κ3) is 5.49. The van der Waals surface area contributed by atoms with Crippen LogP contribution in [0.5, 0.6) is 0 Å². The molecule has 1 rings (SSSR count). The molecule has 1 heterocycles. The molecule has 1 atom stereocenters. The highest BCUT2D eigenvalue weighted by Crippen LogP contribution is 2.05. The Labute approximate surface area is 107 Å². The van der Waals surface area contributed by atoms with Crippen molar-refractivity contribution in [3.05, 3.63) is 22.4 Å². The van der Waals surface area contributed by atoms with Gasteiger partial charge in [-0.3, -0.25) is 4.79 Å². The highest BCUT2D eigenvalue weighted by molar-refractivity contribution is 7.07. The number of carbonyl (C=O) groups excluding carboxylic acids is 1. The van der Waals surface area contributed by atoms with E-state index < -0.39 is 0 Å². The van der Waals surface area contributed by atoms with Crippen LogP contribution in [0.2, 0.25) is 0 Å². The van der Waals surface area contributed by atoms with Crippen LogP contribution >= 0.6 is 23.7 Å². The second-order valence-electron chi connectivity index (χ2n) is 3.63. The van der Waals surface area contributed by atoms with Crippen molar-refractivity contribution in [2.24, 2.45) is 5.92 Å². The Morgan fingerprint density at radius 1 is 1.56 bits per heavy atom. The van der Waals surface area contributed by atoms with Crippen LogP contribution in [0.1, 0.15) is 12.5 Å². The van der Waals surface area contributed by atoms with Crippen LogP contribution in [-0.4, -0.2) is 26.0 Å². The molecule has 0 aromatic carbocycles. The summed E-state index contributed by atoms with van der Waals surface area (Å²) in [5.74, 6) is 0.164. The van der Waals surface area contributed by atoms with Crippen molar-refractivity contribution in [2.45, 2.75) is 13.3 Å². The highest BCUT2D eigenvalue weighted by atomic mass is 35.5. The molecule has 1 aromatic heterocycles. The van der Waals surface area contributed by atoms with E-state index in [0.29, 0.717) is 0 Å². The van der Waals surface area contributed by atoms with Crippen LogP contribution in [0, 0.1) is 5.92 Å². The van der Waals surface area contributed by atoms with E-state index in [0.717, 1.165) is 19.5 Å². The lowest BCUT2D eigenvalue weighted by Crippen LogP contribution is -2.35. The molecule has 92 valence electrons. The molecule has 0 fully saturated rings. The summed E-state index contributed by atoms with van der Waals surface area (Å²) in [5.41, 5.74) is 1.29. The van der Waals surface area contributed by atoms with E-state index in [1.807, 2.05) is 14.0 Å². The van der Waals surface area contributed by atoms with Gasteiger partial charge < -0.3 is 10.6 Å². The minimum Gasteiger partial charge on any atom is -0.355 e. The van der Waals surface area contributed by atoms with Gasteiger partial charge in [0.05, 0.1) is 0 Å². The van der Waals surface area contributed by atoms with Gasteiger partial charge in [-0.15, -0.1) is 12.4 Å². The quantitative estimate of drug-likeness (QED) is 0.819. The Bertz CT molecular complexity index is 290. The third-order valence-electron chi connectivity index (χ3n) is 2.25. The van der Waals surface area contributed by atoms with Gasteiger partial charge in [-0.25, -0.2) is 0 Å². The number of amides is 1. The molecule has 0 radical (unpaired) electrons. The molecule has 5 heteroatoms. The van der Waals surface area contributed by atoms with E-state index in [9.17, 15) is 4.79 Å². The number of carbonyl (C=O) groups is 1. The zero-order chi connectivity index (χ0) is 11.1. The number of nitrogens with one attached hydrogen (secondary N) is 2. The first-order chi connectivity index (χ1) is 7.24. The average molecular weight is 263 g/mol. The Hall–Kier alpha value is -0.580. The maximum atomic E-state index is 11.5. The Morgan fingerprint density at radius 3 is 2.88 bits per heavy atom. The van der Waals surface area contributed by atoms with Crippen LogP contribution in [0.25, 0.3) is 0 Å². The minimum atomic E-state index is 0. The van der Waals surface area contributed by atoms with Crippen molar-refractivity contribution in [1.82, 2.24) is 10.6 Å². The highest BCUT2D eigenvalue weighted by Gasteiger charge is 2.10. The van der Waals surface area contributed by atoms with Crippen LogP contribution in [0.3, 0.4) is 0 Å². The second-order valence-corrected chi connectivity index (χ2v) is 4.41. The zero-order valence-electron chi connectivity index (χ0n) is 9.66. The summed E-state index contributed by atoms with van der Waals surface area (Å²) >= 11 is 1.69. The lowest BCUT2D eigenvalue weighted by Gasteiger charge is -2.10. The van der Waals surface area contributed by atoms with Gasteiger partial charge in [0, 0.05) is 19.0 Å². The maximum absolute atomic E-state index is 11.5. The molecule has 2 N–H and O–H groups in total. The van der Waals surface area contributed by atoms with Gasteiger partial charge in [0.1, 0.15) is 0 Å². The van der Waals surface area contributed by atoms with Crippen molar-refractivity contribution in [1.29, 1.82) is 0 Å². The van der Waals surface area contributed by atoms with Crippen molar-refractivity contribution in [3.63, 3.8) is 0 Å². The number of hydrogen-bond acceptors (Lipinski definition) is 3. The second kappa shape index (κ2) is 8.56. The molecule has 1 unspecified atom stereocenters. The monoisotopic (exact) mass is 262 g/mol. The number of rotatable bonds is 6. The molecule has 1 aromatic rings. The first-order valence-corrected chi connectivity index (χ1v) is 6.11. The van der Waals surface area contributed by atoms with Crippen LogP contribution in [-0.2, 0) is 11.2 Å². The smallest absolute Gasteiger partial charge is 0.224 e. The van der Waals surface area contributed by atoms with Gasteiger partial charge in [0.25, 0.3) is 0 Å². The molecule has 0 bridgehead atoms. The number of halogens is 1. The normalized spacial score (nSPS) is 11.6. The van der Waals surface area contributed by atoms with Gasteiger partial charge in [-0.05, 0) is 35.9 Å². The Balaban J connectivity index is 0.00000225. The fourth-order valence-corrected chi connectivity index (χ4v) is 2.04. The number of thiophene rings is 1. The van der Waals surface area contributed by atoms with Crippen molar-refractivity contribution >= 4 is 29.7 Å². The molecule has 0 aliphatic rings. The largest absolute Gasteiger partial charge is 0.355 e. The SMILES string of the molecule is CNCC(C)C(=O)NCCc1ccsc1.Cl. The minimum absolute atomic E-state index is 0. The Morgan fingerprint density at radius 2 is 2.31 bits per heavy atom. The fourth-order valence-electron chi connectivity index (χ4n) is 1.34. The Kier molecular flexibility index (Phi) is 8.25. The van der Waals surface area contributed by atoms with Gasteiger partial charge in [0.15, 0.2) is 0 Å². The summed E-state index contributed by atoms with van der Waals surface area (Å²) in [6, 6.07) is 2.09. The van der Waals surface area contributed by atoms with E-state index in [4.69, 9.17) is 0 Å². The third-order valence-corrected chi connectivity index (χ3v) is 2.98. The van der Waals surface area contributed by atoms with Gasteiger partial charge in [-0.1, -0.05) is 6.92 Å². The van der Waals surface area contributed by atoms with E-state index >= 15 is 0 Å². The fraction of sp³-hybridized carbons (Fsp3) is 0.545. The molecule has 0 spiro atoms. The van der Waals surface area contributed by atoms with Crippen molar-refractivity contribution < 1.29 is 4.79 Å². The van der Waals surface area contributed by atoms with E-state index in [-0.39, 0.29) is 24.2 Å². The molecule has 0 saturated carbocycles. The predicted octanol–water partition coefficient (Wildman–Crippen LogP) is 1.68. The molecule has 1 amide bonds. The standard InChI is InChI=1S/C11H18N2OS.ClH/c1-9(7-12-2)11(14)13-5-3-10-4-6-15-8-10;/h4,6,8-9,12H,3,5,7H2,1-2H3,(H,13,14);1H. The van der Waals surface area contributed by atoms with Gasteiger partial charge >= 0.3 is 0 Å². The maximum Gasteiger partial charge on any atom is 0.224 e. The van der Waals surface area contributed by atoms with Gasteiger partial charge in [-0.2, -0.15) is 11.3 Å². The lowest BCUT2D eigenvalue weighted by atomic mass is 10.1. The topological polar surface area (TPSA) is 41.1 Å². The molecular formula is C11H19ClN2OS. The zero-order valence-corrected chi connectivity index (χ0v) is 11.3. The summed E-state index contributed by atoms with van der Waals surface area (Å²) < 4.78 is 0. The summed E-state index contributed by atoms with van der Waals surface area (Å²) in [7, 11) is 1.86. The molecular weight excluding hydrogens is 244 g/mol. The van der Waals surface area contributed by atoms with Gasteiger partial charge in [0.2, 0.25) is 5.91 Å². The van der Waals surface area contributed by atoms with Crippen LogP contribution in [0.4, 0.5) is 0 Å². The van der Waals surface area contributed by atoms with Crippen molar-refractivity contribution in [2.75, 3.05) is 20.1 Å². The number of hydrogen-bond donors (Lipinski definition) is 2. The first-order valence-electron chi connectivity index (χ1n) is 5.17. The van der Waals surface area contributed by atoms with Crippen LogP contribution in [0.15, 0.2) is 16.8 Å². The summed E-state index contributed by atoms with van der Waals surface area (Å²) in [5, 5.41) is 10.1. The predicted molar refractivity (Wildman–Crippen MR) is 71.4 cm³/mol. The summed E-state index contributed by atoms with van der Waals surface area (Å²) in [4.78, 5) is 11.5. The van der Waals surface area contributed by atoms with E-state index in [1.165, 1.54) is 5.56 Å². The van der Waals surface area contributed by atoms with Crippen LogP contribution < -0.4 is 10.6 Å². The summed E-state index contributed by atoms with van der Waals surface area (Å²) in [6.07, 6.45) is 0.918. The first kappa shape index (κ1) is 15.4. The van der Waals surface area contributed by atoms with E-state index in [2.05, 4.69) is 27.5 Å². The molecule has 0 saturated heterocycles. The molecule has 16 heavy (non-hydrogen) atoms. The van der Waals surface area contributed by atoms with Crippen molar-refractivity contribution in [3.8, 4) is 0 Å². The van der Waals surface area contributed by atoms with E-state index in [1.54, 1.807) is 11.3 Å². The molecule has 3 nitrogen and oxygen atoms in total.